The fourth-order valence-electron chi connectivity index (χ4n) is 3.55. The maximum atomic E-state index is 13.1. The number of hydrogen-bond donors (Lipinski definition) is 1. The van der Waals surface area contributed by atoms with Crippen LogP contribution in [0.5, 0.6) is 5.75 Å². The molecular formula is C21H28N4O3S. The molecule has 0 aliphatic carbocycles. The number of amides is 2. The minimum absolute atomic E-state index is 0.0135. The molecule has 1 aliphatic heterocycles. The van der Waals surface area contributed by atoms with E-state index in [1.807, 2.05) is 43.0 Å². The van der Waals surface area contributed by atoms with E-state index in [2.05, 4.69) is 22.4 Å². The molecule has 1 fully saturated rings. The molecule has 1 saturated heterocycles. The number of carbonyl (C=O) groups is 2. The summed E-state index contributed by atoms with van der Waals surface area (Å²) in [6.45, 7) is 6.81. The van der Waals surface area contributed by atoms with E-state index < -0.39 is 5.92 Å². The van der Waals surface area contributed by atoms with E-state index in [0.717, 1.165) is 29.2 Å². The van der Waals surface area contributed by atoms with Crippen molar-refractivity contribution >= 4 is 28.3 Å². The van der Waals surface area contributed by atoms with Gasteiger partial charge in [0.15, 0.2) is 0 Å². The molecule has 1 N–H and O–H groups in total. The first kappa shape index (κ1) is 21.2. The predicted octanol–water partition coefficient (Wildman–Crippen LogP) is 4.00. The Morgan fingerprint density at radius 2 is 2.03 bits per heavy atom. The van der Waals surface area contributed by atoms with Crippen LogP contribution in [0.3, 0.4) is 0 Å². The van der Waals surface area contributed by atoms with Gasteiger partial charge in [-0.3, -0.25) is 9.59 Å². The van der Waals surface area contributed by atoms with E-state index in [9.17, 15) is 9.59 Å². The van der Waals surface area contributed by atoms with Crippen LogP contribution in [-0.2, 0) is 9.59 Å². The first-order chi connectivity index (χ1) is 13.9. The zero-order valence-electron chi connectivity index (χ0n) is 17.3. The van der Waals surface area contributed by atoms with E-state index in [1.165, 1.54) is 11.3 Å². The van der Waals surface area contributed by atoms with Crippen molar-refractivity contribution in [2.24, 2.45) is 5.92 Å². The fraction of sp³-hybridized carbons (Fsp3) is 0.524. The van der Waals surface area contributed by atoms with Crippen LogP contribution < -0.4 is 10.1 Å². The number of ether oxygens (including phenoxy) is 1. The number of rotatable bonds is 8. The highest BCUT2D eigenvalue weighted by Gasteiger charge is 2.44. The van der Waals surface area contributed by atoms with E-state index >= 15 is 0 Å². The van der Waals surface area contributed by atoms with Crippen LogP contribution in [0.1, 0.15) is 62.6 Å². The van der Waals surface area contributed by atoms with Crippen LogP contribution in [0.25, 0.3) is 0 Å². The smallest absolute Gasteiger partial charge is 0.232 e. The highest BCUT2D eigenvalue weighted by molar-refractivity contribution is 7.15. The Morgan fingerprint density at radius 3 is 2.62 bits per heavy atom. The Kier molecular flexibility index (Phi) is 6.84. The number of carbonyl (C=O) groups excluding carboxylic acids is 2. The van der Waals surface area contributed by atoms with Gasteiger partial charge in [-0.2, -0.15) is 0 Å². The van der Waals surface area contributed by atoms with Crippen molar-refractivity contribution in [3.8, 4) is 5.75 Å². The van der Waals surface area contributed by atoms with Crippen LogP contribution in [0.2, 0.25) is 0 Å². The number of likely N-dealkylation sites (tertiary alicyclic amines) is 1. The van der Waals surface area contributed by atoms with Gasteiger partial charge in [0.1, 0.15) is 10.8 Å². The third kappa shape index (κ3) is 4.75. The lowest BCUT2D eigenvalue weighted by atomic mass is 9.92. The number of benzene rings is 1. The van der Waals surface area contributed by atoms with Crippen LogP contribution in [0.15, 0.2) is 24.3 Å². The zero-order chi connectivity index (χ0) is 21.0. The van der Waals surface area contributed by atoms with Crippen LogP contribution in [0.4, 0.5) is 5.13 Å². The third-order valence-electron chi connectivity index (χ3n) is 5.14. The van der Waals surface area contributed by atoms with Crippen molar-refractivity contribution in [2.75, 3.05) is 19.0 Å². The molecule has 2 heterocycles. The number of hydrogen-bond acceptors (Lipinski definition) is 6. The third-order valence-corrected chi connectivity index (χ3v) is 6.28. The standard InChI is InChI=1S/C21H28N4O3S/c1-5-6-11-25-17(26)12-16(18(25)14-7-9-15(28-4)10-8-14)19(27)22-21-24-23-20(29-21)13(2)3/h7-10,13,16,18H,5-6,11-12H2,1-4H3,(H,22,24,27)/t16-,18+/m0/s1. The number of anilines is 1. The van der Waals surface area contributed by atoms with Crippen LogP contribution >= 0.6 is 11.3 Å². The molecule has 8 heteroatoms. The topological polar surface area (TPSA) is 84.4 Å². The van der Waals surface area contributed by atoms with Gasteiger partial charge in [0, 0.05) is 18.9 Å². The molecule has 0 unspecified atom stereocenters. The molecule has 7 nitrogen and oxygen atoms in total. The predicted molar refractivity (Wildman–Crippen MR) is 113 cm³/mol. The number of aromatic nitrogens is 2. The van der Waals surface area contributed by atoms with Crippen molar-refractivity contribution in [1.29, 1.82) is 0 Å². The van der Waals surface area contributed by atoms with E-state index in [4.69, 9.17) is 4.74 Å². The second-order valence-electron chi connectivity index (χ2n) is 7.56. The number of nitrogens with zero attached hydrogens (tertiary/aromatic N) is 3. The van der Waals surface area contributed by atoms with Gasteiger partial charge in [-0.25, -0.2) is 0 Å². The maximum absolute atomic E-state index is 13.1. The molecule has 0 bridgehead atoms. The van der Waals surface area contributed by atoms with Crippen molar-refractivity contribution in [3.63, 3.8) is 0 Å². The molecule has 0 spiro atoms. The number of unbranched alkanes of at least 4 members (excludes halogenated alkanes) is 1. The monoisotopic (exact) mass is 416 g/mol. The molecular weight excluding hydrogens is 388 g/mol. The van der Waals surface area contributed by atoms with Crippen molar-refractivity contribution in [2.45, 2.75) is 52.0 Å². The second kappa shape index (κ2) is 9.35. The van der Waals surface area contributed by atoms with Gasteiger partial charge in [-0.05, 0) is 24.1 Å². The lowest BCUT2D eigenvalue weighted by molar-refractivity contribution is -0.129. The molecule has 1 aromatic carbocycles. The molecule has 29 heavy (non-hydrogen) atoms. The quantitative estimate of drug-likeness (QED) is 0.703. The summed E-state index contributed by atoms with van der Waals surface area (Å²) < 4.78 is 5.25. The highest BCUT2D eigenvalue weighted by Crippen LogP contribution is 2.39. The van der Waals surface area contributed by atoms with Gasteiger partial charge in [0.25, 0.3) is 0 Å². The van der Waals surface area contributed by atoms with Gasteiger partial charge in [0.05, 0.1) is 19.1 Å². The van der Waals surface area contributed by atoms with E-state index in [1.54, 1.807) is 7.11 Å². The average Bonchev–Trinajstić information content (AvgIpc) is 3.31. The Bertz CT molecular complexity index is 850. The summed E-state index contributed by atoms with van der Waals surface area (Å²) in [6, 6.07) is 7.30. The van der Waals surface area contributed by atoms with Gasteiger partial charge in [0.2, 0.25) is 16.9 Å². The lowest BCUT2D eigenvalue weighted by Crippen LogP contribution is -2.33. The Morgan fingerprint density at radius 1 is 1.31 bits per heavy atom. The molecule has 2 amide bonds. The first-order valence-electron chi connectivity index (χ1n) is 10.0. The molecule has 0 radical (unpaired) electrons. The number of nitrogens with one attached hydrogen (secondary N) is 1. The minimum atomic E-state index is -0.473. The van der Waals surface area contributed by atoms with Crippen molar-refractivity contribution in [1.82, 2.24) is 15.1 Å². The van der Waals surface area contributed by atoms with Crippen molar-refractivity contribution in [3.05, 3.63) is 34.8 Å². The fourth-order valence-corrected chi connectivity index (χ4v) is 4.30. The number of methoxy groups -OCH3 is 1. The van der Waals surface area contributed by atoms with Gasteiger partial charge in [-0.15, -0.1) is 10.2 Å². The maximum Gasteiger partial charge on any atom is 0.232 e. The summed E-state index contributed by atoms with van der Waals surface area (Å²) in [5.41, 5.74) is 0.938. The molecule has 0 saturated carbocycles. The molecule has 3 rings (SSSR count). The summed E-state index contributed by atoms with van der Waals surface area (Å²) in [7, 11) is 1.62. The largest absolute Gasteiger partial charge is 0.497 e. The zero-order valence-corrected chi connectivity index (χ0v) is 18.2. The summed E-state index contributed by atoms with van der Waals surface area (Å²) >= 11 is 1.38. The molecule has 1 aliphatic rings. The van der Waals surface area contributed by atoms with Gasteiger partial charge in [-0.1, -0.05) is 50.7 Å². The lowest BCUT2D eigenvalue weighted by Gasteiger charge is -2.28. The van der Waals surface area contributed by atoms with Crippen molar-refractivity contribution < 1.29 is 14.3 Å². The summed E-state index contributed by atoms with van der Waals surface area (Å²) in [5.74, 6) is 0.348. The van der Waals surface area contributed by atoms with Crippen LogP contribution in [0, 0.1) is 5.92 Å². The Labute approximate surface area is 175 Å². The van der Waals surface area contributed by atoms with Crippen LogP contribution in [-0.4, -0.2) is 40.6 Å². The molecule has 2 atom stereocenters. The Hall–Kier alpha value is -2.48. The SMILES string of the molecule is CCCCN1C(=O)C[C@H](C(=O)Nc2nnc(C(C)C)s2)[C@H]1c1ccc(OC)cc1. The van der Waals surface area contributed by atoms with E-state index in [0.29, 0.717) is 11.7 Å². The van der Waals surface area contributed by atoms with Gasteiger partial charge >= 0.3 is 0 Å². The molecule has 1 aromatic heterocycles. The minimum Gasteiger partial charge on any atom is -0.497 e. The van der Waals surface area contributed by atoms with E-state index in [-0.39, 0.29) is 30.2 Å². The average molecular weight is 417 g/mol. The molecule has 156 valence electrons. The van der Waals surface area contributed by atoms with Gasteiger partial charge < -0.3 is 15.0 Å². The summed E-state index contributed by atoms with van der Waals surface area (Å²) in [4.78, 5) is 27.7. The normalized spacial score (nSPS) is 19.1. The second-order valence-corrected chi connectivity index (χ2v) is 8.57. The Balaban J connectivity index is 1.84. The first-order valence-corrected chi connectivity index (χ1v) is 10.8. The summed E-state index contributed by atoms with van der Waals surface area (Å²) in [5, 5.41) is 12.4. The summed E-state index contributed by atoms with van der Waals surface area (Å²) in [6.07, 6.45) is 2.09. The highest BCUT2D eigenvalue weighted by atomic mass is 32.1. The molecule has 2 aromatic rings.